The van der Waals surface area contributed by atoms with Gasteiger partial charge < -0.3 is 0 Å². The first-order valence-electron chi connectivity index (χ1n) is 8.86. The van der Waals surface area contributed by atoms with E-state index in [1.54, 1.807) is 38.5 Å². The van der Waals surface area contributed by atoms with Gasteiger partial charge in [0.25, 0.3) is 0 Å². The quantitative estimate of drug-likeness (QED) is 0.604. The lowest BCUT2D eigenvalue weighted by Crippen LogP contribution is -2.61. The van der Waals surface area contributed by atoms with Crippen LogP contribution in [-0.4, -0.2) is 4.75 Å². The van der Waals surface area contributed by atoms with Gasteiger partial charge in [0.15, 0.2) is 0 Å². The summed E-state index contributed by atoms with van der Waals surface area (Å²) in [6.07, 6.45) is 12.3. The molecule has 9 atom stereocenters. The van der Waals surface area contributed by atoms with Gasteiger partial charge >= 0.3 is 0 Å². The van der Waals surface area contributed by atoms with E-state index in [0.717, 1.165) is 29.6 Å². The normalized spacial score (nSPS) is 66.0. The van der Waals surface area contributed by atoms with Gasteiger partial charge in [0, 0.05) is 4.75 Å². The maximum absolute atomic E-state index is 4.97. The molecule has 0 aromatic rings. The summed E-state index contributed by atoms with van der Waals surface area (Å²) in [6, 6.07) is 0. The van der Waals surface area contributed by atoms with Gasteiger partial charge in [-0.05, 0) is 98.7 Å². The summed E-state index contributed by atoms with van der Waals surface area (Å²) in [6.45, 7) is 2.41. The first-order chi connectivity index (χ1) is 9.14. The monoisotopic (exact) mass is 276 g/mol. The van der Waals surface area contributed by atoms with Crippen molar-refractivity contribution < 1.29 is 0 Å². The van der Waals surface area contributed by atoms with Crippen LogP contribution in [0.4, 0.5) is 0 Å². The van der Waals surface area contributed by atoms with E-state index < -0.39 is 0 Å². The van der Waals surface area contributed by atoms with Crippen molar-refractivity contribution >= 4 is 12.6 Å². The van der Waals surface area contributed by atoms with Gasteiger partial charge in [-0.1, -0.05) is 6.92 Å². The van der Waals surface area contributed by atoms with Crippen LogP contribution in [0.25, 0.3) is 0 Å². The highest BCUT2D eigenvalue weighted by atomic mass is 32.1. The van der Waals surface area contributed by atoms with E-state index in [0.29, 0.717) is 4.75 Å². The Morgan fingerprint density at radius 3 is 1.95 bits per heavy atom. The molecule has 9 unspecified atom stereocenters. The zero-order chi connectivity index (χ0) is 12.8. The van der Waals surface area contributed by atoms with Crippen molar-refractivity contribution in [1.29, 1.82) is 0 Å². The number of hydrogen-bond acceptors (Lipinski definition) is 1. The largest absolute Gasteiger partial charge is 0.173 e. The predicted molar refractivity (Wildman–Crippen MR) is 82.2 cm³/mol. The van der Waals surface area contributed by atoms with E-state index in [9.17, 15) is 0 Å². The van der Waals surface area contributed by atoms with Crippen LogP contribution in [0.1, 0.15) is 58.3 Å². The zero-order valence-electron chi connectivity index (χ0n) is 12.2. The highest BCUT2D eigenvalue weighted by Gasteiger charge is 2.63. The van der Waals surface area contributed by atoms with Crippen LogP contribution in [0.3, 0.4) is 0 Å². The summed E-state index contributed by atoms with van der Waals surface area (Å²) in [5.74, 6) is 9.08. The molecule has 5 saturated carbocycles. The Balaban J connectivity index is 1.44. The Morgan fingerprint density at radius 1 is 0.684 bits per heavy atom. The van der Waals surface area contributed by atoms with E-state index in [4.69, 9.17) is 12.6 Å². The Labute approximate surface area is 123 Å². The molecule has 0 saturated heterocycles. The average Bonchev–Trinajstić information content (AvgIpc) is 2.61. The van der Waals surface area contributed by atoms with Crippen molar-refractivity contribution in [1.82, 2.24) is 0 Å². The van der Waals surface area contributed by atoms with Crippen LogP contribution in [-0.2, 0) is 0 Å². The maximum Gasteiger partial charge on any atom is 0.0107 e. The first kappa shape index (κ1) is 12.0. The summed E-state index contributed by atoms with van der Waals surface area (Å²) < 4.78 is 0.364. The number of hydrogen-bond donors (Lipinski definition) is 1. The van der Waals surface area contributed by atoms with Gasteiger partial charge in [0.1, 0.15) is 0 Å². The number of fused-ring (bicyclic) bond motifs is 8. The summed E-state index contributed by atoms with van der Waals surface area (Å²) in [5, 5.41) is 0. The SMILES string of the molecule is CC1(S)CC2CCC3C4CCC5CCC5C4C3C2C1. The topological polar surface area (TPSA) is 0 Å². The molecule has 0 radical (unpaired) electrons. The molecule has 106 valence electrons. The summed E-state index contributed by atoms with van der Waals surface area (Å²) in [7, 11) is 0. The summed E-state index contributed by atoms with van der Waals surface area (Å²) in [5.41, 5.74) is 0. The molecule has 0 bridgehead atoms. The average molecular weight is 276 g/mol. The van der Waals surface area contributed by atoms with Crippen LogP contribution < -0.4 is 0 Å². The molecule has 0 nitrogen and oxygen atoms in total. The molecule has 0 spiro atoms. The van der Waals surface area contributed by atoms with E-state index in [1.165, 1.54) is 30.6 Å². The Morgan fingerprint density at radius 2 is 1.26 bits per heavy atom. The van der Waals surface area contributed by atoms with E-state index >= 15 is 0 Å². The molecular formula is C18H28S. The minimum absolute atomic E-state index is 0.364. The van der Waals surface area contributed by atoms with Crippen LogP contribution in [0.15, 0.2) is 0 Å². The second kappa shape index (κ2) is 3.76. The lowest BCUT2D eigenvalue weighted by atomic mass is 9.38. The Kier molecular flexibility index (Phi) is 2.36. The van der Waals surface area contributed by atoms with Crippen molar-refractivity contribution in [2.75, 3.05) is 0 Å². The third-order valence-corrected chi connectivity index (χ3v) is 8.54. The molecule has 0 aromatic carbocycles. The fourth-order valence-electron chi connectivity index (χ4n) is 7.53. The second-order valence-electron chi connectivity index (χ2n) is 8.97. The van der Waals surface area contributed by atoms with Crippen molar-refractivity contribution in [2.24, 2.45) is 47.3 Å². The van der Waals surface area contributed by atoms with Gasteiger partial charge in [-0.2, -0.15) is 12.6 Å². The van der Waals surface area contributed by atoms with E-state index in [1.807, 2.05) is 0 Å². The smallest absolute Gasteiger partial charge is 0.0107 e. The van der Waals surface area contributed by atoms with Gasteiger partial charge in [-0.3, -0.25) is 0 Å². The third kappa shape index (κ3) is 1.49. The highest BCUT2D eigenvalue weighted by molar-refractivity contribution is 7.81. The molecule has 0 amide bonds. The van der Waals surface area contributed by atoms with Crippen LogP contribution in [0.5, 0.6) is 0 Å². The Hall–Kier alpha value is 0.350. The molecule has 1 heteroatoms. The van der Waals surface area contributed by atoms with Gasteiger partial charge in [-0.25, -0.2) is 0 Å². The molecule has 5 aliphatic rings. The minimum Gasteiger partial charge on any atom is -0.173 e. The fourth-order valence-corrected chi connectivity index (χ4v) is 7.97. The lowest BCUT2D eigenvalue weighted by molar-refractivity contribution is -0.185. The predicted octanol–water partition coefficient (Wildman–Crippen LogP) is 4.79. The standard InChI is InChI=1S/C18H28S/c1-18(19)8-11-4-7-14-13-6-3-10-2-5-12(10)16(13)17(14)15(11)9-18/h10-17,19H,2-9H2,1H3. The molecule has 5 aliphatic carbocycles. The van der Waals surface area contributed by atoms with Crippen LogP contribution in [0, 0.1) is 47.3 Å². The zero-order valence-corrected chi connectivity index (χ0v) is 13.1. The van der Waals surface area contributed by atoms with Crippen LogP contribution in [0.2, 0.25) is 0 Å². The Bertz CT molecular complexity index is 398. The maximum atomic E-state index is 4.97. The number of thiol groups is 1. The molecular weight excluding hydrogens is 248 g/mol. The fraction of sp³-hybridized carbons (Fsp3) is 1.00. The van der Waals surface area contributed by atoms with Crippen LogP contribution >= 0.6 is 12.6 Å². The van der Waals surface area contributed by atoms with E-state index in [2.05, 4.69) is 6.92 Å². The minimum atomic E-state index is 0.364. The summed E-state index contributed by atoms with van der Waals surface area (Å²) in [4.78, 5) is 0. The number of rotatable bonds is 0. The second-order valence-corrected chi connectivity index (χ2v) is 10.0. The molecule has 0 aliphatic heterocycles. The summed E-state index contributed by atoms with van der Waals surface area (Å²) >= 11 is 4.97. The van der Waals surface area contributed by atoms with Gasteiger partial charge in [0.2, 0.25) is 0 Å². The van der Waals surface area contributed by atoms with Gasteiger partial charge in [-0.15, -0.1) is 0 Å². The molecule has 0 aromatic heterocycles. The third-order valence-electron chi connectivity index (χ3n) is 8.17. The van der Waals surface area contributed by atoms with Crippen molar-refractivity contribution in [3.63, 3.8) is 0 Å². The van der Waals surface area contributed by atoms with E-state index in [-0.39, 0.29) is 0 Å². The molecule has 0 heterocycles. The molecule has 5 fully saturated rings. The van der Waals surface area contributed by atoms with Gasteiger partial charge in [0.05, 0.1) is 0 Å². The van der Waals surface area contributed by atoms with Crippen molar-refractivity contribution in [3.05, 3.63) is 0 Å². The molecule has 19 heavy (non-hydrogen) atoms. The molecule has 5 rings (SSSR count). The first-order valence-corrected chi connectivity index (χ1v) is 9.31. The lowest BCUT2D eigenvalue weighted by Gasteiger charge is -2.67. The molecule has 0 N–H and O–H groups in total. The van der Waals surface area contributed by atoms with Crippen molar-refractivity contribution in [3.8, 4) is 0 Å². The highest BCUT2D eigenvalue weighted by Crippen LogP contribution is 2.70. The van der Waals surface area contributed by atoms with Crippen molar-refractivity contribution in [2.45, 2.75) is 63.0 Å².